The van der Waals surface area contributed by atoms with Crippen LogP contribution in [0.3, 0.4) is 0 Å². The number of hydrogen-bond donors (Lipinski definition) is 0. The van der Waals surface area contributed by atoms with Gasteiger partial charge in [-0.15, -0.1) is 0 Å². The van der Waals surface area contributed by atoms with Crippen molar-refractivity contribution >= 4 is 46.6 Å². The molecule has 0 unspecified atom stereocenters. The lowest BCUT2D eigenvalue weighted by molar-refractivity contribution is -0.120. The molecule has 1 aliphatic rings. The van der Waals surface area contributed by atoms with Crippen molar-refractivity contribution in [2.45, 2.75) is 13.3 Å². The van der Waals surface area contributed by atoms with E-state index in [0.29, 0.717) is 18.0 Å². The van der Waals surface area contributed by atoms with Gasteiger partial charge in [0.25, 0.3) is 11.8 Å². The molecule has 1 saturated heterocycles. The highest BCUT2D eigenvalue weighted by atomic mass is 32.1. The van der Waals surface area contributed by atoms with Crippen molar-refractivity contribution in [2.24, 2.45) is 0 Å². The molecule has 2 amide bonds. The highest BCUT2D eigenvalue weighted by Gasteiger charge is 2.41. The fraction of sp³-hybridized carbons (Fsp3) is 0.115. The highest BCUT2D eigenvalue weighted by molar-refractivity contribution is 7.81. The Bertz CT molecular complexity index is 1100. The second-order valence-corrected chi connectivity index (χ2v) is 7.58. The number of anilines is 2. The van der Waals surface area contributed by atoms with Crippen molar-refractivity contribution in [1.82, 2.24) is 0 Å². The molecule has 0 N–H and O–H groups in total. The lowest BCUT2D eigenvalue weighted by atomic mass is 10.0. The van der Waals surface area contributed by atoms with Gasteiger partial charge in [-0.05, 0) is 66.7 Å². The van der Waals surface area contributed by atoms with Crippen LogP contribution in [0.25, 0.3) is 6.08 Å². The van der Waals surface area contributed by atoms with E-state index in [9.17, 15) is 9.59 Å². The van der Waals surface area contributed by atoms with Crippen LogP contribution < -0.4 is 14.5 Å². The van der Waals surface area contributed by atoms with E-state index in [1.165, 1.54) is 9.80 Å². The highest BCUT2D eigenvalue weighted by Crippen LogP contribution is 2.29. The third kappa shape index (κ3) is 4.31. The molecule has 0 atom stereocenters. The number of ether oxygens (including phenoxy) is 1. The first-order chi connectivity index (χ1) is 15.6. The number of carbonyl (C=O) groups is 2. The summed E-state index contributed by atoms with van der Waals surface area (Å²) in [6.07, 6.45) is 2.52. The normalized spacial score (nSPS) is 14.0. The molecule has 0 spiro atoms. The largest absolute Gasteiger partial charge is 0.494 e. The van der Waals surface area contributed by atoms with E-state index in [1.54, 1.807) is 30.3 Å². The summed E-state index contributed by atoms with van der Waals surface area (Å²) in [6, 6.07) is 25.5. The standard InChI is InChI=1S/C26H22N2O3S/c1-2-17-31-22-15-13-19(14-16-22)18-23-24(29)27(20-9-5-3-6-10-20)26(32)28(25(23)30)21-11-7-4-8-12-21/h3-16,18H,2,17H2,1H3. The topological polar surface area (TPSA) is 49.9 Å². The van der Waals surface area contributed by atoms with Crippen LogP contribution in [0.1, 0.15) is 18.9 Å². The molecular weight excluding hydrogens is 420 g/mol. The summed E-state index contributed by atoms with van der Waals surface area (Å²) in [6.45, 7) is 2.67. The van der Waals surface area contributed by atoms with Crippen LogP contribution in [0.2, 0.25) is 0 Å². The molecule has 6 heteroatoms. The van der Waals surface area contributed by atoms with Crippen LogP contribution >= 0.6 is 12.2 Å². The predicted molar refractivity (Wildman–Crippen MR) is 131 cm³/mol. The fourth-order valence-electron chi connectivity index (χ4n) is 3.39. The van der Waals surface area contributed by atoms with Crippen molar-refractivity contribution in [1.29, 1.82) is 0 Å². The Balaban J connectivity index is 1.76. The Morgan fingerprint density at radius 2 is 1.28 bits per heavy atom. The number of benzene rings is 3. The van der Waals surface area contributed by atoms with Gasteiger partial charge in [0.1, 0.15) is 11.3 Å². The number of rotatable bonds is 6. The zero-order valence-corrected chi connectivity index (χ0v) is 18.4. The smallest absolute Gasteiger partial charge is 0.270 e. The number of para-hydroxylation sites is 2. The minimum Gasteiger partial charge on any atom is -0.494 e. The van der Waals surface area contributed by atoms with E-state index < -0.39 is 11.8 Å². The molecule has 5 nitrogen and oxygen atoms in total. The molecule has 3 aromatic carbocycles. The Morgan fingerprint density at radius 3 is 1.75 bits per heavy atom. The first kappa shape index (κ1) is 21.5. The Kier molecular flexibility index (Phi) is 6.42. The summed E-state index contributed by atoms with van der Waals surface area (Å²) >= 11 is 5.61. The van der Waals surface area contributed by atoms with E-state index in [4.69, 9.17) is 17.0 Å². The molecule has 0 aliphatic carbocycles. The van der Waals surface area contributed by atoms with Crippen LogP contribution in [0.15, 0.2) is 90.5 Å². The van der Waals surface area contributed by atoms with Crippen molar-refractivity contribution in [3.8, 4) is 5.75 Å². The molecule has 160 valence electrons. The molecule has 1 aliphatic heterocycles. The summed E-state index contributed by atoms with van der Waals surface area (Å²) in [4.78, 5) is 29.7. The van der Waals surface area contributed by atoms with Crippen molar-refractivity contribution in [2.75, 3.05) is 16.4 Å². The minimum absolute atomic E-state index is 0.0357. The van der Waals surface area contributed by atoms with Crippen LogP contribution in [0, 0.1) is 0 Å². The van der Waals surface area contributed by atoms with Gasteiger partial charge in [-0.2, -0.15) is 0 Å². The first-order valence-corrected chi connectivity index (χ1v) is 10.8. The molecular formula is C26H22N2O3S. The molecule has 1 heterocycles. The Hall–Kier alpha value is -3.77. The van der Waals surface area contributed by atoms with Gasteiger partial charge in [0.15, 0.2) is 5.11 Å². The van der Waals surface area contributed by atoms with Gasteiger partial charge in [-0.25, -0.2) is 0 Å². The third-order valence-corrected chi connectivity index (χ3v) is 5.31. The third-order valence-electron chi connectivity index (χ3n) is 4.94. The molecule has 0 bridgehead atoms. The summed E-state index contributed by atoms with van der Waals surface area (Å²) in [5, 5.41) is 0.123. The molecule has 0 radical (unpaired) electrons. The lowest BCUT2D eigenvalue weighted by Gasteiger charge is -2.36. The Morgan fingerprint density at radius 1 is 0.781 bits per heavy atom. The number of amides is 2. The minimum atomic E-state index is -0.454. The quantitative estimate of drug-likeness (QED) is 0.298. The van der Waals surface area contributed by atoms with Gasteiger partial charge in [0.05, 0.1) is 18.0 Å². The van der Waals surface area contributed by atoms with Gasteiger partial charge in [0, 0.05) is 0 Å². The number of hydrogen-bond acceptors (Lipinski definition) is 4. The maximum atomic E-state index is 13.4. The van der Waals surface area contributed by atoms with E-state index in [0.717, 1.165) is 17.7 Å². The summed E-state index contributed by atoms with van der Waals surface area (Å²) in [7, 11) is 0. The molecule has 4 rings (SSSR count). The molecule has 1 fully saturated rings. The first-order valence-electron chi connectivity index (χ1n) is 10.4. The lowest BCUT2D eigenvalue weighted by Crippen LogP contribution is -2.56. The molecule has 32 heavy (non-hydrogen) atoms. The molecule has 3 aromatic rings. The van der Waals surface area contributed by atoms with Gasteiger partial charge < -0.3 is 4.74 Å². The van der Waals surface area contributed by atoms with Crippen LogP contribution in [-0.2, 0) is 9.59 Å². The van der Waals surface area contributed by atoms with Crippen LogP contribution in [-0.4, -0.2) is 23.5 Å². The molecule has 0 aromatic heterocycles. The second kappa shape index (κ2) is 9.58. The van der Waals surface area contributed by atoms with E-state index in [2.05, 4.69) is 0 Å². The van der Waals surface area contributed by atoms with Crippen LogP contribution in [0.5, 0.6) is 5.75 Å². The van der Waals surface area contributed by atoms with Crippen molar-refractivity contribution in [3.63, 3.8) is 0 Å². The predicted octanol–water partition coefficient (Wildman–Crippen LogP) is 5.22. The van der Waals surface area contributed by atoms with Gasteiger partial charge in [-0.3, -0.25) is 19.4 Å². The van der Waals surface area contributed by atoms with Gasteiger partial charge >= 0.3 is 0 Å². The average molecular weight is 443 g/mol. The number of thiocarbonyl (C=S) groups is 1. The van der Waals surface area contributed by atoms with E-state index in [1.807, 2.05) is 67.6 Å². The van der Waals surface area contributed by atoms with Crippen molar-refractivity contribution in [3.05, 3.63) is 96.1 Å². The number of nitrogens with zero attached hydrogens (tertiary/aromatic N) is 2. The van der Waals surface area contributed by atoms with Gasteiger partial charge in [0.2, 0.25) is 0 Å². The maximum absolute atomic E-state index is 13.4. The SMILES string of the molecule is CCCOc1ccc(C=C2C(=O)N(c3ccccc3)C(=S)N(c3ccccc3)C2=O)cc1. The van der Waals surface area contributed by atoms with E-state index >= 15 is 0 Å². The second-order valence-electron chi connectivity index (χ2n) is 7.21. The number of carbonyl (C=O) groups excluding carboxylic acids is 2. The summed E-state index contributed by atoms with van der Waals surface area (Å²) in [5.74, 6) is -0.164. The Labute approximate surface area is 192 Å². The monoisotopic (exact) mass is 442 g/mol. The maximum Gasteiger partial charge on any atom is 0.270 e. The van der Waals surface area contributed by atoms with Crippen molar-refractivity contribution < 1.29 is 14.3 Å². The van der Waals surface area contributed by atoms with Crippen LogP contribution in [0.4, 0.5) is 11.4 Å². The van der Waals surface area contributed by atoms with E-state index in [-0.39, 0.29) is 10.7 Å². The summed E-state index contributed by atoms with van der Waals surface area (Å²) < 4.78 is 5.62. The zero-order valence-electron chi connectivity index (χ0n) is 17.6. The summed E-state index contributed by atoms with van der Waals surface area (Å²) in [5.41, 5.74) is 1.96. The average Bonchev–Trinajstić information content (AvgIpc) is 2.83. The zero-order chi connectivity index (χ0) is 22.5. The molecule has 0 saturated carbocycles. The fourth-order valence-corrected chi connectivity index (χ4v) is 3.76. The van der Waals surface area contributed by atoms with Gasteiger partial charge in [-0.1, -0.05) is 55.5 Å².